The van der Waals surface area contributed by atoms with Crippen molar-refractivity contribution in [3.63, 3.8) is 0 Å². The third-order valence-electron chi connectivity index (χ3n) is 3.37. The number of hydrogen-bond acceptors (Lipinski definition) is 3. The molecule has 1 heterocycles. The van der Waals surface area contributed by atoms with Crippen LogP contribution < -0.4 is 10.5 Å². The Kier molecular flexibility index (Phi) is 4.83. The molecular weight excluding hydrogens is 212 g/mol. The molecule has 1 atom stereocenters. The lowest BCUT2D eigenvalue weighted by Gasteiger charge is -2.22. The first kappa shape index (κ1) is 12.4. The van der Waals surface area contributed by atoms with E-state index in [1.165, 1.54) is 19.4 Å². The molecule has 0 bridgehead atoms. The van der Waals surface area contributed by atoms with Crippen molar-refractivity contribution in [2.24, 2.45) is 5.73 Å². The highest BCUT2D eigenvalue weighted by Crippen LogP contribution is 2.16. The zero-order valence-electron chi connectivity index (χ0n) is 10.3. The van der Waals surface area contributed by atoms with Crippen LogP contribution in [0.4, 0.5) is 0 Å². The second kappa shape index (κ2) is 6.62. The van der Waals surface area contributed by atoms with E-state index in [9.17, 15) is 0 Å². The molecule has 3 heteroatoms. The number of ether oxygens (including phenoxy) is 1. The molecule has 1 aromatic rings. The van der Waals surface area contributed by atoms with Gasteiger partial charge in [0.15, 0.2) is 0 Å². The maximum atomic E-state index is 5.75. The van der Waals surface area contributed by atoms with E-state index in [1.807, 2.05) is 30.3 Å². The lowest BCUT2D eigenvalue weighted by Crippen LogP contribution is -2.36. The highest BCUT2D eigenvalue weighted by Gasteiger charge is 2.21. The molecular formula is C14H22N2O. The Bertz CT molecular complexity index is 315. The minimum atomic E-state index is 0.603. The summed E-state index contributed by atoms with van der Waals surface area (Å²) in [7, 11) is 0. The van der Waals surface area contributed by atoms with E-state index in [4.69, 9.17) is 10.5 Å². The van der Waals surface area contributed by atoms with Gasteiger partial charge >= 0.3 is 0 Å². The first-order valence-corrected chi connectivity index (χ1v) is 6.52. The average Bonchev–Trinajstić information content (AvgIpc) is 2.83. The van der Waals surface area contributed by atoms with E-state index in [0.717, 1.165) is 31.9 Å². The number of nitrogens with two attached hydrogens (primary N) is 1. The Labute approximate surface area is 104 Å². The van der Waals surface area contributed by atoms with Crippen LogP contribution in [0.15, 0.2) is 30.3 Å². The van der Waals surface area contributed by atoms with Gasteiger partial charge in [0.2, 0.25) is 0 Å². The standard InChI is InChI=1S/C14H22N2O/c15-12-13-6-4-9-16(13)10-5-11-17-14-7-2-1-3-8-14/h1-3,7-8,13H,4-6,9-12,15H2. The maximum absolute atomic E-state index is 5.75. The summed E-state index contributed by atoms with van der Waals surface area (Å²) >= 11 is 0. The van der Waals surface area contributed by atoms with Gasteiger partial charge in [0.1, 0.15) is 5.75 Å². The predicted octanol–water partition coefficient (Wildman–Crippen LogP) is 1.88. The van der Waals surface area contributed by atoms with Gasteiger partial charge in [-0.2, -0.15) is 0 Å². The molecule has 1 aliphatic heterocycles. The van der Waals surface area contributed by atoms with E-state index >= 15 is 0 Å². The van der Waals surface area contributed by atoms with Crippen LogP contribution >= 0.6 is 0 Å². The Morgan fingerprint density at radius 1 is 1.29 bits per heavy atom. The van der Waals surface area contributed by atoms with Crippen LogP contribution in [0, 0.1) is 0 Å². The Morgan fingerprint density at radius 3 is 2.88 bits per heavy atom. The van der Waals surface area contributed by atoms with Gasteiger partial charge < -0.3 is 10.5 Å². The van der Waals surface area contributed by atoms with Crippen molar-refractivity contribution in [1.29, 1.82) is 0 Å². The first-order chi connectivity index (χ1) is 8.40. The van der Waals surface area contributed by atoms with Crippen molar-refractivity contribution in [3.8, 4) is 5.75 Å². The molecule has 0 aromatic heterocycles. The minimum absolute atomic E-state index is 0.603. The van der Waals surface area contributed by atoms with Crippen molar-refractivity contribution in [2.45, 2.75) is 25.3 Å². The topological polar surface area (TPSA) is 38.5 Å². The molecule has 17 heavy (non-hydrogen) atoms. The van der Waals surface area contributed by atoms with Gasteiger partial charge in [-0.1, -0.05) is 18.2 Å². The van der Waals surface area contributed by atoms with Gasteiger partial charge in [-0.25, -0.2) is 0 Å². The number of benzene rings is 1. The van der Waals surface area contributed by atoms with Gasteiger partial charge in [-0.3, -0.25) is 4.90 Å². The van der Waals surface area contributed by atoms with E-state index in [-0.39, 0.29) is 0 Å². The summed E-state index contributed by atoms with van der Waals surface area (Å²) in [4.78, 5) is 2.49. The van der Waals surface area contributed by atoms with Crippen LogP contribution in [-0.4, -0.2) is 37.2 Å². The van der Waals surface area contributed by atoms with Crippen molar-refractivity contribution in [2.75, 3.05) is 26.2 Å². The molecule has 0 radical (unpaired) electrons. The van der Waals surface area contributed by atoms with Crippen LogP contribution in [0.3, 0.4) is 0 Å². The fourth-order valence-electron chi connectivity index (χ4n) is 2.43. The summed E-state index contributed by atoms with van der Waals surface area (Å²) in [6.45, 7) is 3.89. The second-order valence-electron chi connectivity index (χ2n) is 4.58. The monoisotopic (exact) mass is 234 g/mol. The molecule has 1 saturated heterocycles. The fraction of sp³-hybridized carbons (Fsp3) is 0.571. The lowest BCUT2D eigenvalue weighted by atomic mass is 10.2. The van der Waals surface area contributed by atoms with Gasteiger partial charge in [-0.15, -0.1) is 0 Å². The minimum Gasteiger partial charge on any atom is -0.494 e. The van der Waals surface area contributed by atoms with Gasteiger partial charge in [0, 0.05) is 19.1 Å². The zero-order valence-corrected chi connectivity index (χ0v) is 10.3. The summed E-state index contributed by atoms with van der Waals surface area (Å²) in [6, 6.07) is 10.6. The Hall–Kier alpha value is -1.06. The number of para-hydroxylation sites is 1. The highest BCUT2D eigenvalue weighted by atomic mass is 16.5. The summed E-state index contributed by atoms with van der Waals surface area (Å²) < 4.78 is 5.68. The molecule has 0 amide bonds. The van der Waals surface area contributed by atoms with Crippen LogP contribution in [0.25, 0.3) is 0 Å². The van der Waals surface area contributed by atoms with Crippen molar-refractivity contribution >= 4 is 0 Å². The third kappa shape index (κ3) is 3.72. The SMILES string of the molecule is NCC1CCCN1CCCOc1ccccc1. The number of rotatable bonds is 6. The fourth-order valence-corrected chi connectivity index (χ4v) is 2.43. The summed E-state index contributed by atoms with van der Waals surface area (Å²) in [5.41, 5.74) is 5.75. The van der Waals surface area contributed by atoms with E-state index in [2.05, 4.69) is 4.90 Å². The molecule has 0 spiro atoms. The molecule has 2 N–H and O–H groups in total. The highest BCUT2D eigenvalue weighted by molar-refractivity contribution is 5.20. The predicted molar refractivity (Wildman–Crippen MR) is 70.2 cm³/mol. The van der Waals surface area contributed by atoms with Crippen LogP contribution in [-0.2, 0) is 0 Å². The average molecular weight is 234 g/mol. The van der Waals surface area contributed by atoms with Crippen LogP contribution in [0.1, 0.15) is 19.3 Å². The molecule has 2 rings (SSSR count). The summed E-state index contributed by atoms with van der Waals surface area (Å²) in [5, 5.41) is 0. The molecule has 0 saturated carbocycles. The van der Waals surface area contributed by atoms with Crippen molar-refractivity contribution in [1.82, 2.24) is 4.90 Å². The number of likely N-dealkylation sites (tertiary alicyclic amines) is 1. The molecule has 1 fully saturated rings. The zero-order chi connectivity index (χ0) is 11.9. The molecule has 1 aromatic carbocycles. The second-order valence-corrected chi connectivity index (χ2v) is 4.58. The normalized spacial score (nSPS) is 20.6. The smallest absolute Gasteiger partial charge is 0.119 e. The Morgan fingerprint density at radius 2 is 2.12 bits per heavy atom. The quantitative estimate of drug-likeness (QED) is 0.764. The Balaban J connectivity index is 1.63. The van der Waals surface area contributed by atoms with Crippen LogP contribution in [0.5, 0.6) is 5.75 Å². The number of hydrogen-bond donors (Lipinski definition) is 1. The summed E-state index contributed by atoms with van der Waals surface area (Å²) in [6.07, 6.45) is 3.63. The molecule has 3 nitrogen and oxygen atoms in total. The lowest BCUT2D eigenvalue weighted by molar-refractivity contribution is 0.224. The van der Waals surface area contributed by atoms with Crippen molar-refractivity contribution < 1.29 is 4.74 Å². The van der Waals surface area contributed by atoms with E-state index < -0.39 is 0 Å². The van der Waals surface area contributed by atoms with Crippen LogP contribution in [0.2, 0.25) is 0 Å². The van der Waals surface area contributed by atoms with Crippen molar-refractivity contribution in [3.05, 3.63) is 30.3 Å². The first-order valence-electron chi connectivity index (χ1n) is 6.52. The van der Waals surface area contributed by atoms with E-state index in [1.54, 1.807) is 0 Å². The molecule has 94 valence electrons. The molecule has 1 unspecified atom stereocenters. The third-order valence-corrected chi connectivity index (χ3v) is 3.37. The van der Waals surface area contributed by atoms with Gasteiger partial charge in [-0.05, 0) is 37.9 Å². The van der Waals surface area contributed by atoms with Gasteiger partial charge in [0.25, 0.3) is 0 Å². The maximum Gasteiger partial charge on any atom is 0.119 e. The molecule has 1 aliphatic rings. The number of nitrogens with zero attached hydrogens (tertiary/aromatic N) is 1. The van der Waals surface area contributed by atoms with Gasteiger partial charge in [0.05, 0.1) is 6.61 Å². The van der Waals surface area contributed by atoms with E-state index in [0.29, 0.717) is 6.04 Å². The summed E-state index contributed by atoms with van der Waals surface area (Å²) in [5.74, 6) is 0.962. The largest absolute Gasteiger partial charge is 0.494 e. The molecule has 0 aliphatic carbocycles.